The average molecular weight is 337 g/mol. The maximum atomic E-state index is 11.6. The van der Waals surface area contributed by atoms with E-state index in [-0.39, 0.29) is 12.3 Å². The highest BCUT2D eigenvalue weighted by atomic mass is 35.6. The van der Waals surface area contributed by atoms with Crippen LogP contribution in [0.15, 0.2) is 29.3 Å². The Kier molecular flexibility index (Phi) is 6.11. The lowest BCUT2D eigenvalue weighted by Crippen LogP contribution is -2.23. The first-order chi connectivity index (χ1) is 9.23. The Morgan fingerprint density at radius 2 is 1.85 bits per heavy atom. The van der Waals surface area contributed by atoms with Gasteiger partial charge in [0.15, 0.2) is 3.79 Å². The van der Waals surface area contributed by atoms with E-state index in [4.69, 9.17) is 34.8 Å². The predicted octanol–water partition coefficient (Wildman–Crippen LogP) is 3.87. The number of rotatable bonds is 3. The topological polar surface area (TPSA) is 44.7 Å². The van der Waals surface area contributed by atoms with Gasteiger partial charge < -0.3 is 10.2 Å². The van der Waals surface area contributed by atoms with Crippen LogP contribution in [-0.4, -0.2) is 29.6 Å². The van der Waals surface area contributed by atoms with Crippen LogP contribution in [0, 0.1) is 0 Å². The molecule has 0 bridgehead atoms. The third-order valence-corrected chi connectivity index (χ3v) is 3.11. The first-order valence-corrected chi connectivity index (χ1v) is 7.00. The molecule has 1 aromatic carbocycles. The molecule has 4 nitrogen and oxygen atoms in total. The molecule has 1 rings (SSSR count). The Morgan fingerprint density at radius 1 is 1.30 bits per heavy atom. The largest absolute Gasteiger partial charge is 0.334 e. The van der Waals surface area contributed by atoms with Gasteiger partial charge in [-0.3, -0.25) is 9.79 Å². The minimum atomic E-state index is -1.58. The summed E-state index contributed by atoms with van der Waals surface area (Å²) < 4.78 is -1.58. The van der Waals surface area contributed by atoms with E-state index in [1.165, 1.54) is 0 Å². The molecule has 0 heterocycles. The molecule has 0 radical (unpaired) electrons. The fourth-order valence-electron chi connectivity index (χ4n) is 1.49. The summed E-state index contributed by atoms with van der Waals surface area (Å²) in [5.41, 5.74) is 1.61. The third-order valence-electron chi connectivity index (χ3n) is 2.71. The smallest absolute Gasteiger partial charge is 0.228 e. The van der Waals surface area contributed by atoms with Gasteiger partial charge in [0.05, 0.1) is 12.3 Å². The van der Waals surface area contributed by atoms with Crippen LogP contribution < -0.4 is 10.2 Å². The van der Waals surface area contributed by atoms with Gasteiger partial charge in [0.1, 0.15) is 0 Å². The van der Waals surface area contributed by atoms with E-state index in [1.807, 2.05) is 31.0 Å². The average Bonchev–Trinajstić information content (AvgIpc) is 2.35. The molecule has 0 saturated carbocycles. The van der Waals surface area contributed by atoms with Crippen molar-refractivity contribution < 1.29 is 4.79 Å². The van der Waals surface area contributed by atoms with Crippen LogP contribution in [0.2, 0.25) is 0 Å². The van der Waals surface area contributed by atoms with Crippen molar-refractivity contribution in [3.63, 3.8) is 0 Å². The number of benzene rings is 1. The summed E-state index contributed by atoms with van der Waals surface area (Å²) in [7, 11) is 3.65. The van der Waals surface area contributed by atoms with Gasteiger partial charge in [-0.05, 0) is 31.2 Å². The number of carbonyl (C=O) groups excluding carboxylic acids is 1. The maximum absolute atomic E-state index is 11.6. The molecule has 0 fully saturated rings. The number of amidine groups is 1. The normalized spacial score (nSPS) is 12.2. The zero-order valence-corrected chi connectivity index (χ0v) is 13.7. The lowest BCUT2D eigenvalue weighted by Gasteiger charge is -2.19. The molecule has 110 valence electrons. The van der Waals surface area contributed by atoms with E-state index >= 15 is 0 Å². The van der Waals surface area contributed by atoms with E-state index in [9.17, 15) is 4.79 Å². The molecule has 1 aromatic rings. The van der Waals surface area contributed by atoms with Crippen molar-refractivity contribution >= 4 is 57.9 Å². The summed E-state index contributed by atoms with van der Waals surface area (Å²) in [6, 6.07) is 7.31. The van der Waals surface area contributed by atoms with Crippen LogP contribution in [0.5, 0.6) is 0 Å². The van der Waals surface area contributed by atoms with E-state index in [1.54, 1.807) is 19.2 Å². The van der Waals surface area contributed by atoms with Crippen LogP contribution in [0.3, 0.4) is 0 Å². The molecule has 20 heavy (non-hydrogen) atoms. The summed E-state index contributed by atoms with van der Waals surface area (Å²) in [6.07, 6.45) is -0.194. The van der Waals surface area contributed by atoms with Crippen molar-refractivity contribution in [2.45, 2.75) is 17.1 Å². The minimum absolute atomic E-state index is 0.194. The van der Waals surface area contributed by atoms with Crippen LogP contribution >= 0.6 is 34.8 Å². The number of halogens is 3. The molecule has 1 amide bonds. The monoisotopic (exact) mass is 335 g/mol. The fraction of sp³-hybridized carbons (Fsp3) is 0.385. The fourth-order valence-corrected chi connectivity index (χ4v) is 1.86. The van der Waals surface area contributed by atoms with Crippen LogP contribution in [0.1, 0.15) is 13.3 Å². The standard InChI is InChI=1S/C13H16Cl3N3O/c1-9(17-2)19(3)11-6-4-10(5-7-11)18-12(20)8-13(14,15)16/h4-7H,8H2,1-3H3,(H,18,20). The Morgan fingerprint density at radius 3 is 2.30 bits per heavy atom. The van der Waals surface area contributed by atoms with Crippen molar-refractivity contribution in [1.29, 1.82) is 0 Å². The SMILES string of the molecule is CN=C(C)N(C)c1ccc(NC(=O)CC(Cl)(Cl)Cl)cc1. The zero-order valence-electron chi connectivity index (χ0n) is 11.5. The summed E-state index contributed by atoms with van der Waals surface area (Å²) in [5, 5.41) is 2.67. The zero-order chi connectivity index (χ0) is 15.3. The summed E-state index contributed by atoms with van der Waals surface area (Å²) in [6.45, 7) is 1.91. The molecule has 0 aliphatic heterocycles. The van der Waals surface area contributed by atoms with E-state index in [2.05, 4.69) is 10.3 Å². The third kappa shape index (κ3) is 5.57. The summed E-state index contributed by atoms with van der Waals surface area (Å²) in [5.74, 6) is 0.537. The van der Waals surface area contributed by atoms with Crippen molar-refractivity contribution in [2.24, 2.45) is 4.99 Å². The Hall–Kier alpha value is -0.970. The van der Waals surface area contributed by atoms with Gasteiger partial charge in [0.25, 0.3) is 0 Å². The van der Waals surface area contributed by atoms with Crippen molar-refractivity contribution in [3.05, 3.63) is 24.3 Å². The molecule has 0 aromatic heterocycles. The lowest BCUT2D eigenvalue weighted by molar-refractivity contribution is -0.116. The van der Waals surface area contributed by atoms with E-state index in [0.29, 0.717) is 5.69 Å². The molecule has 0 atom stereocenters. The van der Waals surface area contributed by atoms with Crippen molar-refractivity contribution in [3.8, 4) is 0 Å². The van der Waals surface area contributed by atoms with Crippen LogP contribution in [0.25, 0.3) is 0 Å². The molecule has 0 unspecified atom stereocenters. The van der Waals surface area contributed by atoms with Crippen LogP contribution in [-0.2, 0) is 4.79 Å². The van der Waals surface area contributed by atoms with Gasteiger partial charge in [0.2, 0.25) is 5.91 Å². The van der Waals surface area contributed by atoms with Crippen LogP contribution in [0.4, 0.5) is 11.4 Å². The number of anilines is 2. The summed E-state index contributed by atoms with van der Waals surface area (Å²) in [4.78, 5) is 17.6. The Bertz CT molecular complexity index is 495. The highest BCUT2D eigenvalue weighted by molar-refractivity contribution is 6.68. The second kappa shape index (κ2) is 7.16. The highest BCUT2D eigenvalue weighted by Gasteiger charge is 2.24. The van der Waals surface area contributed by atoms with Gasteiger partial charge in [-0.15, -0.1) is 0 Å². The Balaban J connectivity index is 2.70. The highest BCUT2D eigenvalue weighted by Crippen LogP contribution is 2.30. The summed E-state index contributed by atoms with van der Waals surface area (Å²) >= 11 is 16.7. The molecular formula is C13H16Cl3N3O. The first kappa shape index (κ1) is 17.1. The number of alkyl halides is 3. The molecular weight excluding hydrogens is 321 g/mol. The van der Waals surface area contributed by atoms with Gasteiger partial charge in [0, 0.05) is 25.5 Å². The number of carbonyl (C=O) groups is 1. The second-order valence-corrected chi connectivity index (χ2v) is 6.73. The molecule has 0 saturated heterocycles. The number of hydrogen-bond donors (Lipinski definition) is 1. The molecule has 7 heteroatoms. The van der Waals surface area contributed by atoms with Gasteiger partial charge in [-0.25, -0.2) is 0 Å². The molecule has 0 aliphatic rings. The predicted molar refractivity (Wildman–Crippen MR) is 87.4 cm³/mol. The van der Waals surface area contributed by atoms with Crippen molar-refractivity contribution in [1.82, 2.24) is 0 Å². The number of amides is 1. The molecule has 1 N–H and O–H groups in total. The molecule has 0 aliphatic carbocycles. The minimum Gasteiger partial charge on any atom is -0.334 e. The van der Waals surface area contributed by atoms with E-state index < -0.39 is 3.79 Å². The number of nitrogens with zero attached hydrogens (tertiary/aromatic N) is 2. The Labute approximate surface area is 133 Å². The van der Waals surface area contributed by atoms with Gasteiger partial charge in [-0.2, -0.15) is 0 Å². The maximum Gasteiger partial charge on any atom is 0.228 e. The van der Waals surface area contributed by atoms with Gasteiger partial charge in [-0.1, -0.05) is 34.8 Å². The first-order valence-electron chi connectivity index (χ1n) is 5.86. The number of aliphatic imine (C=N–C) groups is 1. The second-order valence-electron chi connectivity index (χ2n) is 4.22. The molecule has 0 spiro atoms. The number of hydrogen-bond acceptors (Lipinski definition) is 2. The van der Waals surface area contributed by atoms with E-state index in [0.717, 1.165) is 11.5 Å². The quantitative estimate of drug-likeness (QED) is 0.517. The van der Waals surface area contributed by atoms with Gasteiger partial charge >= 0.3 is 0 Å². The van der Waals surface area contributed by atoms with Crippen molar-refractivity contribution in [2.75, 3.05) is 24.3 Å². The number of nitrogens with one attached hydrogen (secondary N) is 1. The lowest BCUT2D eigenvalue weighted by atomic mass is 10.2.